The Kier molecular flexibility index (Phi) is 8.16. The van der Waals surface area contributed by atoms with E-state index >= 15 is 0 Å². The van der Waals surface area contributed by atoms with Gasteiger partial charge in [0.25, 0.3) is 0 Å². The van der Waals surface area contributed by atoms with Gasteiger partial charge in [0, 0.05) is 7.11 Å². The predicted octanol–water partition coefficient (Wildman–Crippen LogP) is 2.58. The molecule has 0 aromatic carbocycles. The highest BCUT2D eigenvalue weighted by Crippen LogP contribution is 2.10. The van der Waals surface area contributed by atoms with Crippen molar-refractivity contribution in [3.63, 3.8) is 0 Å². The zero-order valence-electron chi connectivity index (χ0n) is 10.9. The number of hydrogen-bond donors (Lipinski definition) is 0. The Bertz CT molecular complexity index is 219. The van der Waals surface area contributed by atoms with Crippen LogP contribution in [0.15, 0.2) is 24.3 Å². The molecular weight excluding hydrogens is 204 g/mol. The molecular formula is C13H24O3. The lowest BCUT2D eigenvalue weighted by atomic mass is 10.1. The number of rotatable bonds is 9. The molecule has 0 aromatic rings. The van der Waals surface area contributed by atoms with Crippen LogP contribution in [0, 0.1) is 0 Å². The zero-order valence-corrected chi connectivity index (χ0v) is 10.9. The first-order valence-electron chi connectivity index (χ1n) is 5.49. The Morgan fingerprint density at radius 2 is 1.75 bits per heavy atom. The van der Waals surface area contributed by atoms with Crippen LogP contribution in [0.2, 0.25) is 0 Å². The van der Waals surface area contributed by atoms with Gasteiger partial charge in [-0.15, -0.1) is 6.58 Å². The van der Waals surface area contributed by atoms with E-state index in [-0.39, 0.29) is 0 Å². The van der Waals surface area contributed by atoms with Crippen molar-refractivity contribution in [1.29, 1.82) is 0 Å². The lowest BCUT2D eigenvalue weighted by Gasteiger charge is -2.27. The summed E-state index contributed by atoms with van der Waals surface area (Å²) in [6.45, 7) is 11.8. The van der Waals surface area contributed by atoms with Gasteiger partial charge in [0.15, 0.2) is 0 Å². The van der Waals surface area contributed by atoms with Crippen molar-refractivity contribution < 1.29 is 14.2 Å². The number of hydrogen-bond acceptors (Lipinski definition) is 3. The van der Waals surface area contributed by atoms with Crippen molar-refractivity contribution in [2.24, 2.45) is 0 Å². The van der Waals surface area contributed by atoms with Crippen molar-refractivity contribution in [3.8, 4) is 0 Å². The molecule has 16 heavy (non-hydrogen) atoms. The van der Waals surface area contributed by atoms with E-state index in [4.69, 9.17) is 14.2 Å². The van der Waals surface area contributed by atoms with Crippen molar-refractivity contribution in [1.82, 2.24) is 0 Å². The van der Waals surface area contributed by atoms with E-state index in [1.165, 1.54) is 5.57 Å². The largest absolute Gasteiger partial charge is 0.374 e. The van der Waals surface area contributed by atoms with Crippen LogP contribution in [-0.2, 0) is 14.2 Å². The minimum absolute atomic E-state index is 0.390. The highest BCUT2D eigenvalue weighted by Gasteiger charge is 2.24. The average molecular weight is 228 g/mol. The molecule has 0 aliphatic carbocycles. The van der Waals surface area contributed by atoms with Crippen molar-refractivity contribution in [3.05, 3.63) is 24.3 Å². The SMILES string of the molecule is C=CCOCC(C)(COCC=C(C)C)OC. The Labute approximate surface area is 99.1 Å². The molecule has 0 aromatic heterocycles. The lowest BCUT2D eigenvalue weighted by Crippen LogP contribution is -2.38. The minimum Gasteiger partial charge on any atom is -0.374 e. The van der Waals surface area contributed by atoms with Crippen LogP contribution in [0.3, 0.4) is 0 Å². The third-order valence-electron chi connectivity index (χ3n) is 2.15. The molecule has 0 bridgehead atoms. The molecule has 0 N–H and O–H groups in total. The Balaban J connectivity index is 3.86. The van der Waals surface area contributed by atoms with Gasteiger partial charge in [0.05, 0.1) is 26.4 Å². The number of methoxy groups -OCH3 is 1. The van der Waals surface area contributed by atoms with Crippen LogP contribution in [-0.4, -0.2) is 39.1 Å². The molecule has 3 heteroatoms. The number of allylic oxidation sites excluding steroid dienone is 1. The van der Waals surface area contributed by atoms with Gasteiger partial charge in [-0.3, -0.25) is 0 Å². The molecule has 0 rings (SSSR count). The van der Waals surface area contributed by atoms with E-state index in [0.717, 1.165) is 0 Å². The van der Waals surface area contributed by atoms with Gasteiger partial charge in [0.2, 0.25) is 0 Å². The first kappa shape index (κ1) is 15.4. The van der Waals surface area contributed by atoms with Crippen LogP contribution < -0.4 is 0 Å². The Hall–Kier alpha value is -0.640. The van der Waals surface area contributed by atoms with Gasteiger partial charge in [-0.1, -0.05) is 17.7 Å². The molecule has 3 nitrogen and oxygen atoms in total. The summed E-state index contributed by atoms with van der Waals surface area (Å²) in [4.78, 5) is 0. The summed E-state index contributed by atoms with van der Waals surface area (Å²) in [5.41, 5.74) is 0.861. The highest BCUT2D eigenvalue weighted by molar-refractivity contribution is 4.92. The minimum atomic E-state index is -0.390. The molecule has 0 heterocycles. The smallest absolute Gasteiger partial charge is 0.111 e. The fraction of sp³-hybridized carbons (Fsp3) is 0.692. The first-order valence-corrected chi connectivity index (χ1v) is 5.49. The van der Waals surface area contributed by atoms with E-state index < -0.39 is 5.60 Å². The van der Waals surface area contributed by atoms with Crippen LogP contribution >= 0.6 is 0 Å². The van der Waals surface area contributed by atoms with Crippen LogP contribution in [0.5, 0.6) is 0 Å². The number of ether oxygens (including phenoxy) is 3. The van der Waals surface area contributed by atoms with Gasteiger partial charge in [-0.2, -0.15) is 0 Å². The molecule has 0 saturated heterocycles. The summed E-state index contributed by atoms with van der Waals surface area (Å²) in [6.07, 6.45) is 3.76. The zero-order chi connectivity index (χ0) is 12.4. The van der Waals surface area contributed by atoms with Crippen LogP contribution in [0.25, 0.3) is 0 Å². The molecule has 0 radical (unpaired) electrons. The van der Waals surface area contributed by atoms with E-state index in [0.29, 0.717) is 26.4 Å². The molecule has 0 amide bonds. The van der Waals surface area contributed by atoms with Gasteiger partial charge in [0.1, 0.15) is 5.60 Å². The standard InChI is InChI=1S/C13H24O3/c1-6-8-15-10-13(4,14-5)11-16-9-7-12(2)3/h6-7H,1,8-11H2,2-5H3. The van der Waals surface area contributed by atoms with E-state index in [1.54, 1.807) is 13.2 Å². The lowest BCUT2D eigenvalue weighted by molar-refractivity contribution is -0.100. The average Bonchev–Trinajstić information content (AvgIpc) is 2.25. The Morgan fingerprint density at radius 1 is 1.19 bits per heavy atom. The van der Waals surface area contributed by atoms with Crippen molar-refractivity contribution in [2.45, 2.75) is 26.4 Å². The summed E-state index contributed by atoms with van der Waals surface area (Å²) < 4.78 is 16.3. The maximum absolute atomic E-state index is 5.52. The molecule has 0 aliphatic heterocycles. The van der Waals surface area contributed by atoms with Gasteiger partial charge in [-0.05, 0) is 20.8 Å². The maximum Gasteiger partial charge on any atom is 0.111 e. The Morgan fingerprint density at radius 3 is 2.19 bits per heavy atom. The molecule has 94 valence electrons. The molecule has 0 spiro atoms. The van der Waals surface area contributed by atoms with Gasteiger partial charge < -0.3 is 14.2 Å². The normalized spacial score (nSPS) is 14.2. The second kappa shape index (κ2) is 8.50. The fourth-order valence-electron chi connectivity index (χ4n) is 1.02. The monoisotopic (exact) mass is 228 g/mol. The topological polar surface area (TPSA) is 27.7 Å². The maximum atomic E-state index is 5.52. The summed E-state index contributed by atoms with van der Waals surface area (Å²) in [7, 11) is 1.67. The first-order chi connectivity index (χ1) is 7.54. The molecule has 0 saturated carbocycles. The quantitative estimate of drug-likeness (QED) is 0.448. The van der Waals surface area contributed by atoms with Crippen molar-refractivity contribution >= 4 is 0 Å². The second-order valence-corrected chi connectivity index (χ2v) is 4.25. The predicted molar refractivity (Wildman–Crippen MR) is 66.7 cm³/mol. The van der Waals surface area contributed by atoms with Gasteiger partial charge >= 0.3 is 0 Å². The van der Waals surface area contributed by atoms with Crippen LogP contribution in [0.4, 0.5) is 0 Å². The van der Waals surface area contributed by atoms with Gasteiger partial charge in [-0.25, -0.2) is 0 Å². The fourth-order valence-corrected chi connectivity index (χ4v) is 1.02. The summed E-state index contributed by atoms with van der Waals surface area (Å²) in [5, 5.41) is 0. The third kappa shape index (κ3) is 7.63. The molecule has 1 atom stereocenters. The summed E-state index contributed by atoms with van der Waals surface area (Å²) in [6, 6.07) is 0. The van der Waals surface area contributed by atoms with Crippen molar-refractivity contribution in [2.75, 3.05) is 33.5 Å². The second-order valence-electron chi connectivity index (χ2n) is 4.25. The third-order valence-corrected chi connectivity index (χ3v) is 2.15. The van der Waals surface area contributed by atoms with E-state index in [9.17, 15) is 0 Å². The summed E-state index contributed by atoms with van der Waals surface area (Å²) >= 11 is 0. The van der Waals surface area contributed by atoms with E-state index in [2.05, 4.69) is 6.58 Å². The molecule has 0 aliphatic rings. The molecule has 0 fully saturated rings. The molecule has 1 unspecified atom stereocenters. The van der Waals surface area contributed by atoms with E-state index in [1.807, 2.05) is 26.8 Å². The summed E-state index contributed by atoms with van der Waals surface area (Å²) in [5.74, 6) is 0. The van der Waals surface area contributed by atoms with Crippen LogP contribution in [0.1, 0.15) is 20.8 Å². The highest BCUT2D eigenvalue weighted by atomic mass is 16.6.